The maximum atomic E-state index is 12.7. The molecule has 0 aromatic carbocycles. The normalized spacial score (nSPS) is 35.8. The van der Waals surface area contributed by atoms with Gasteiger partial charge in [-0.1, -0.05) is 20.3 Å². The largest absolute Gasteiger partial charge is 0.394 e. The van der Waals surface area contributed by atoms with E-state index in [2.05, 4.69) is 13.8 Å². The first-order valence-electron chi connectivity index (χ1n) is 6.98. The Bertz CT molecular complexity index is 316. The molecular weight excluding hydrogens is 230 g/mol. The summed E-state index contributed by atoms with van der Waals surface area (Å²) in [5.41, 5.74) is 0.115. The standard InChI is InChI=1S/C14H25NO3/c1-10-9-18-11(8-16)7-15(10)13(17)12-5-4-6-14(12,2)3/h10-12,16H,4-9H2,1-3H3. The highest BCUT2D eigenvalue weighted by Crippen LogP contribution is 2.43. The summed E-state index contributed by atoms with van der Waals surface area (Å²) in [4.78, 5) is 14.6. The molecule has 3 atom stereocenters. The summed E-state index contributed by atoms with van der Waals surface area (Å²) in [5, 5.41) is 9.18. The van der Waals surface area contributed by atoms with Crippen molar-refractivity contribution in [1.29, 1.82) is 0 Å². The number of ether oxygens (including phenoxy) is 1. The number of rotatable bonds is 2. The summed E-state index contributed by atoms with van der Waals surface area (Å²) in [5.74, 6) is 0.393. The van der Waals surface area contributed by atoms with Crippen molar-refractivity contribution in [2.75, 3.05) is 19.8 Å². The van der Waals surface area contributed by atoms with Gasteiger partial charge in [-0.15, -0.1) is 0 Å². The maximum absolute atomic E-state index is 12.7. The molecule has 0 aromatic rings. The van der Waals surface area contributed by atoms with Gasteiger partial charge in [-0.2, -0.15) is 0 Å². The predicted molar refractivity (Wildman–Crippen MR) is 69.1 cm³/mol. The Morgan fingerprint density at radius 3 is 2.78 bits per heavy atom. The summed E-state index contributed by atoms with van der Waals surface area (Å²) in [6.45, 7) is 7.46. The van der Waals surface area contributed by atoms with Gasteiger partial charge >= 0.3 is 0 Å². The molecule has 1 aliphatic carbocycles. The van der Waals surface area contributed by atoms with E-state index in [9.17, 15) is 9.90 Å². The summed E-state index contributed by atoms with van der Waals surface area (Å²) in [6, 6.07) is 0.122. The Balaban J connectivity index is 2.07. The van der Waals surface area contributed by atoms with Crippen molar-refractivity contribution < 1.29 is 14.6 Å². The van der Waals surface area contributed by atoms with Crippen molar-refractivity contribution in [3.63, 3.8) is 0 Å². The summed E-state index contributed by atoms with van der Waals surface area (Å²) < 4.78 is 5.49. The van der Waals surface area contributed by atoms with E-state index in [0.29, 0.717) is 13.2 Å². The number of carbonyl (C=O) groups excluding carboxylic acids is 1. The SMILES string of the molecule is CC1COC(CO)CN1C(=O)C1CCCC1(C)C. The van der Waals surface area contributed by atoms with E-state index in [1.165, 1.54) is 0 Å². The minimum Gasteiger partial charge on any atom is -0.394 e. The molecule has 1 saturated carbocycles. The number of carbonyl (C=O) groups is 1. The molecule has 1 heterocycles. The molecule has 18 heavy (non-hydrogen) atoms. The molecule has 0 bridgehead atoms. The molecular formula is C14H25NO3. The van der Waals surface area contributed by atoms with Crippen LogP contribution in [-0.2, 0) is 9.53 Å². The minimum absolute atomic E-state index is 0.00937. The number of amides is 1. The Morgan fingerprint density at radius 2 is 2.22 bits per heavy atom. The fourth-order valence-electron chi connectivity index (χ4n) is 3.22. The van der Waals surface area contributed by atoms with Crippen LogP contribution in [0, 0.1) is 11.3 Å². The lowest BCUT2D eigenvalue weighted by atomic mass is 9.81. The molecule has 1 amide bonds. The van der Waals surface area contributed by atoms with Crippen molar-refractivity contribution >= 4 is 5.91 Å². The van der Waals surface area contributed by atoms with Crippen LogP contribution in [0.2, 0.25) is 0 Å². The van der Waals surface area contributed by atoms with E-state index in [4.69, 9.17) is 4.74 Å². The van der Waals surface area contributed by atoms with E-state index in [1.807, 2.05) is 11.8 Å². The first-order chi connectivity index (χ1) is 8.45. The Labute approximate surface area is 109 Å². The van der Waals surface area contributed by atoms with Gasteiger partial charge in [-0.05, 0) is 25.2 Å². The number of aliphatic hydroxyl groups is 1. The van der Waals surface area contributed by atoms with Gasteiger partial charge in [0.15, 0.2) is 0 Å². The fourth-order valence-corrected chi connectivity index (χ4v) is 3.22. The third kappa shape index (κ3) is 2.54. The van der Waals surface area contributed by atoms with E-state index >= 15 is 0 Å². The first kappa shape index (κ1) is 13.8. The lowest BCUT2D eigenvalue weighted by molar-refractivity contribution is -0.153. The molecule has 2 aliphatic rings. The van der Waals surface area contributed by atoms with E-state index in [-0.39, 0.29) is 36.0 Å². The zero-order valence-corrected chi connectivity index (χ0v) is 11.7. The molecule has 0 spiro atoms. The monoisotopic (exact) mass is 255 g/mol. The van der Waals surface area contributed by atoms with Crippen LogP contribution in [0.25, 0.3) is 0 Å². The molecule has 2 rings (SSSR count). The minimum atomic E-state index is -0.213. The highest BCUT2D eigenvalue weighted by Gasteiger charge is 2.43. The smallest absolute Gasteiger partial charge is 0.226 e. The van der Waals surface area contributed by atoms with E-state index < -0.39 is 0 Å². The fraction of sp³-hybridized carbons (Fsp3) is 0.929. The van der Waals surface area contributed by atoms with Crippen molar-refractivity contribution in [1.82, 2.24) is 4.90 Å². The van der Waals surface area contributed by atoms with Gasteiger partial charge in [0.2, 0.25) is 5.91 Å². The Morgan fingerprint density at radius 1 is 1.50 bits per heavy atom. The van der Waals surface area contributed by atoms with Crippen molar-refractivity contribution in [3.8, 4) is 0 Å². The van der Waals surface area contributed by atoms with Crippen molar-refractivity contribution in [3.05, 3.63) is 0 Å². The molecule has 0 aromatic heterocycles. The van der Waals surface area contributed by atoms with Crippen LogP contribution >= 0.6 is 0 Å². The molecule has 2 fully saturated rings. The second-order valence-corrected chi connectivity index (χ2v) is 6.41. The van der Waals surface area contributed by atoms with Crippen LogP contribution in [0.4, 0.5) is 0 Å². The molecule has 3 unspecified atom stereocenters. The lowest BCUT2D eigenvalue weighted by Gasteiger charge is -2.40. The van der Waals surface area contributed by atoms with Gasteiger partial charge in [-0.3, -0.25) is 4.79 Å². The summed E-state index contributed by atoms with van der Waals surface area (Å²) in [6.07, 6.45) is 3.06. The van der Waals surface area contributed by atoms with Crippen LogP contribution in [0.1, 0.15) is 40.0 Å². The molecule has 0 radical (unpaired) electrons. The molecule has 1 aliphatic heterocycles. The van der Waals surface area contributed by atoms with Crippen LogP contribution in [0.5, 0.6) is 0 Å². The highest BCUT2D eigenvalue weighted by molar-refractivity contribution is 5.80. The van der Waals surface area contributed by atoms with Gasteiger partial charge in [0.1, 0.15) is 0 Å². The van der Waals surface area contributed by atoms with Crippen LogP contribution in [0.15, 0.2) is 0 Å². The number of hydrogen-bond donors (Lipinski definition) is 1. The van der Waals surface area contributed by atoms with Gasteiger partial charge in [0.25, 0.3) is 0 Å². The summed E-state index contributed by atoms with van der Waals surface area (Å²) >= 11 is 0. The zero-order valence-electron chi connectivity index (χ0n) is 11.7. The number of hydrogen-bond acceptors (Lipinski definition) is 3. The molecule has 4 heteroatoms. The predicted octanol–water partition coefficient (Wildman–Crippen LogP) is 1.42. The zero-order chi connectivity index (χ0) is 13.3. The third-order valence-electron chi connectivity index (χ3n) is 4.55. The first-order valence-corrected chi connectivity index (χ1v) is 6.98. The number of aliphatic hydroxyl groups excluding tert-OH is 1. The van der Waals surface area contributed by atoms with Crippen molar-refractivity contribution in [2.45, 2.75) is 52.2 Å². The highest BCUT2D eigenvalue weighted by atomic mass is 16.5. The molecule has 1 saturated heterocycles. The molecule has 104 valence electrons. The lowest BCUT2D eigenvalue weighted by Crippen LogP contribution is -2.54. The number of nitrogens with zero attached hydrogens (tertiary/aromatic N) is 1. The van der Waals surface area contributed by atoms with Crippen molar-refractivity contribution in [2.24, 2.45) is 11.3 Å². The van der Waals surface area contributed by atoms with E-state index in [0.717, 1.165) is 19.3 Å². The van der Waals surface area contributed by atoms with E-state index in [1.54, 1.807) is 0 Å². The van der Waals surface area contributed by atoms with Crippen LogP contribution in [0.3, 0.4) is 0 Å². The van der Waals surface area contributed by atoms with Crippen LogP contribution < -0.4 is 0 Å². The van der Waals surface area contributed by atoms with Gasteiger partial charge in [0, 0.05) is 12.5 Å². The quantitative estimate of drug-likeness (QED) is 0.812. The van der Waals surface area contributed by atoms with Gasteiger partial charge < -0.3 is 14.7 Å². The Kier molecular flexibility index (Phi) is 3.97. The van der Waals surface area contributed by atoms with Gasteiger partial charge in [-0.25, -0.2) is 0 Å². The second kappa shape index (κ2) is 5.17. The maximum Gasteiger partial charge on any atom is 0.226 e. The Hall–Kier alpha value is -0.610. The molecule has 4 nitrogen and oxygen atoms in total. The average Bonchev–Trinajstić information content (AvgIpc) is 2.69. The number of morpholine rings is 1. The third-order valence-corrected chi connectivity index (χ3v) is 4.55. The molecule has 1 N–H and O–H groups in total. The topological polar surface area (TPSA) is 49.8 Å². The summed E-state index contributed by atoms with van der Waals surface area (Å²) in [7, 11) is 0. The second-order valence-electron chi connectivity index (χ2n) is 6.41. The average molecular weight is 255 g/mol. The van der Waals surface area contributed by atoms with Crippen LogP contribution in [-0.4, -0.2) is 47.8 Å². The van der Waals surface area contributed by atoms with Gasteiger partial charge in [0.05, 0.1) is 25.4 Å².